The first kappa shape index (κ1) is 23.8. The number of hydrogen-bond acceptors (Lipinski definition) is 4. The van der Waals surface area contributed by atoms with Gasteiger partial charge in [0.05, 0.1) is 6.54 Å². The Balaban J connectivity index is 1.29. The van der Waals surface area contributed by atoms with Crippen molar-refractivity contribution >= 4 is 28.8 Å². The van der Waals surface area contributed by atoms with Crippen molar-refractivity contribution in [1.82, 2.24) is 19.4 Å². The van der Waals surface area contributed by atoms with Crippen molar-refractivity contribution in [2.75, 3.05) is 7.05 Å². The summed E-state index contributed by atoms with van der Waals surface area (Å²) in [4.78, 5) is 23.8. The van der Waals surface area contributed by atoms with Crippen molar-refractivity contribution in [3.63, 3.8) is 0 Å². The van der Waals surface area contributed by atoms with Crippen molar-refractivity contribution in [2.45, 2.75) is 24.0 Å². The van der Waals surface area contributed by atoms with Crippen molar-refractivity contribution in [1.29, 1.82) is 0 Å². The molecule has 36 heavy (non-hydrogen) atoms. The Labute approximate surface area is 213 Å². The maximum absolute atomic E-state index is 14.4. The zero-order valence-corrected chi connectivity index (χ0v) is 20.7. The molecule has 0 spiro atoms. The Bertz CT molecular complexity index is 1480. The third kappa shape index (κ3) is 5.31. The maximum Gasteiger partial charge on any atom is 0.253 e. The van der Waals surface area contributed by atoms with E-state index in [0.717, 1.165) is 27.4 Å². The number of halogens is 1. The van der Waals surface area contributed by atoms with E-state index in [0.29, 0.717) is 30.0 Å². The third-order valence-electron chi connectivity index (χ3n) is 5.93. The molecule has 3 aromatic carbocycles. The first-order valence-electron chi connectivity index (χ1n) is 11.6. The van der Waals surface area contributed by atoms with Gasteiger partial charge in [0.25, 0.3) is 5.91 Å². The predicted molar refractivity (Wildman–Crippen MR) is 141 cm³/mol. The van der Waals surface area contributed by atoms with Gasteiger partial charge in [-0.05, 0) is 41.5 Å². The number of carbonyl (C=O) groups is 1. The van der Waals surface area contributed by atoms with E-state index in [1.807, 2.05) is 84.4 Å². The smallest absolute Gasteiger partial charge is 0.253 e. The molecule has 7 heteroatoms. The number of benzene rings is 3. The van der Waals surface area contributed by atoms with Gasteiger partial charge in [-0.15, -0.1) is 0 Å². The summed E-state index contributed by atoms with van der Waals surface area (Å²) >= 11 is 1.57. The summed E-state index contributed by atoms with van der Waals surface area (Å²) in [5.41, 5.74) is 4.91. The normalized spacial score (nSPS) is 11.1. The van der Waals surface area contributed by atoms with E-state index in [4.69, 9.17) is 4.98 Å². The number of aromatic nitrogens is 3. The number of amides is 1. The number of imidazole rings is 1. The number of carbonyl (C=O) groups excluding carboxylic acids is 1. The predicted octanol–water partition coefficient (Wildman–Crippen LogP) is 6.18. The van der Waals surface area contributed by atoms with E-state index >= 15 is 0 Å². The van der Waals surface area contributed by atoms with Crippen LogP contribution in [0.1, 0.15) is 27.0 Å². The molecule has 180 valence electrons. The Morgan fingerprint density at radius 3 is 2.44 bits per heavy atom. The van der Waals surface area contributed by atoms with Crippen LogP contribution in [0.25, 0.3) is 11.2 Å². The first-order valence-corrected chi connectivity index (χ1v) is 12.6. The summed E-state index contributed by atoms with van der Waals surface area (Å²) in [6, 6.07) is 28.1. The zero-order chi connectivity index (χ0) is 24.9. The van der Waals surface area contributed by atoms with E-state index in [1.54, 1.807) is 35.0 Å². The Morgan fingerprint density at radius 1 is 0.917 bits per heavy atom. The molecule has 0 fully saturated rings. The molecular weight excluding hydrogens is 471 g/mol. The fourth-order valence-electron chi connectivity index (χ4n) is 4.03. The molecule has 0 saturated heterocycles. The molecule has 0 saturated carbocycles. The summed E-state index contributed by atoms with van der Waals surface area (Å²) in [5.74, 6) is 0.397. The standard InChI is InChI=1S/C29H25FN4OS/c1-33(18-21-8-3-2-4-9-21)28(35)23-15-13-22(14-16-23)20-36-29-32-26-12-7-17-31-27(26)34(29)19-24-10-5-6-11-25(24)30/h2-17H,18-20H2,1H3. The monoisotopic (exact) mass is 496 g/mol. The number of fused-ring (bicyclic) bond motifs is 1. The van der Waals surface area contributed by atoms with E-state index in [1.165, 1.54) is 6.07 Å². The molecule has 2 aromatic heterocycles. The van der Waals surface area contributed by atoms with Gasteiger partial charge in [0, 0.05) is 36.7 Å². The van der Waals surface area contributed by atoms with Crippen LogP contribution in [0, 0.1) is 5.82 Å². The highest BCUT2D eigenvalue weighted by molar-refractivity contribution is 7.98. The number of thioether (sulfide) groups is 1. The van der Waals surface area contributed by atoms with Gasteiger partial charge in [0.15, 0.2) is 10.8 Å². The van der Waals surface area contributed by atoms with Gasteiger partial charge in [-0.2, -0.15) is 0 Å². The van der Waals surface area contributed by atoms with Crippen molar-refractivity contribution in [3.05, 3.63) is 125 Å². The fraction of sp³-hybridized carbons (Fsp3) is 0.138. The molecule has 5 aromatic rings. The van der Waals surface area contributed by atoms with Gasteiger partial charge in [0.1, 0.15) is 11.3 Å². The molecule has 0 aliphatic carbocycles. The quantitative estimate of drug-likeness (QED) is 0.241. The van der Waals surface area contributed by atoms with Crippen LogP contribution in [-0.4, -0.2) is 32.4 Å². The van der Waals surface area contributed by atoms with Crippen molar-refractivity contribution in [2.24, 2.45) is 0 Å². The lowest BCUT2D eigenvalue weighted by Crippen LogP contribution is -2.26. The molecule has 0 unspecified atom stereocenters. The molecule has 0 aliphatic rings. The van der Waals surface area contributed by atoms with Crippen molar-refractivity contribution in [3.8, 4) is 0 Å². The summed E-state index contributed by atoms with van der Waals surface area (Å²) < 4.78 is 16.3. The van der Waals surface area contributed by atoms with Gasteiger partial charge in [-0.25, -0.2) is 14.4 Å². The summed E-state index contributed by atoms with van der Waals surface area (Å²) in [5, 5.41) is 0.773. The van der Waals surface area contributed by atoms with Crippen molar-refractivity contribution < 1.29 is 9.18 Å². The number of nitrogens with zero attached hydrogens (tertiary/aromatic N) is 4. The van der Waals surface area contributed by atoms with Crippen LogP contribution in [0.2, 0.25) is 0 Å². The highest BCUT2D eigenvalue weighted by Gasteiger charge is 2.15. The van der Waals surface area contributed by atoms with E-state index in [9.17, 15) is 9.18 Å². The lowest BCUT2D eigenvalue weighted by Gasteiger charge is -2.17. The second kappa shape index (κ2) is 10.7. The molecule has 0 N–H and O–H groups in total. The second-order valence-corrected chi connectivity index (χ2v) is 9.49. The number of pyridine rings is 1. The topological polar surface area (TPSA) is 51.0 Å². The third-order valence-corrected chi connectivity index (χ3v) is 6.98. The largest absolute Gasteiger partial charge is 0.337 e. The van der Waals surface area contributed by atoms with Crippen LogP contribution in [0.5, 0.6) is 0 Å². The minimum atomic E-state index is -0.247. The molecule has 5 nitrogen and oxygen atoms in total. The Morgan fingerprint density at radius 2 is 1.67 bits per heavy atom. The van der Waals surface area contributed by atoms with Gasteiger partial charge < -0.3 is 4.90 Å². The number of rotatable bonds is 8. The molecular formula is C29H25FN4OS. The molecule has 0 atom stereocenters. The van der Waals surface area contributed by atoms with Crippen LogP contribution in [0.15, 0.2) is 102 Å². The van der Waals surface area contributed by atoms with Crippen LogP contribution in [-0.2, 0) is 18.8 Å². The Kier molecular flexibility index (Phi) is 7.09. The summed E-state index contributed by atoms with van der Waals surface area (Å²) in [6.45, 7) is 0.910. The number of hydrogen-bond donors (Lipinski definition) is 0. The molecule has 0 bridgehead atoms. The highest BCUT2D eigenvalue weighted by atomic mass is 32.2. The lowest BCUT2D eigenvalue weighted by molar-refractivity contribution is 0.0785. The Hall–Kier alpha value is -3.97. The molecule has 0 radical (unpaired) electrons. The van der Waals surface area contributed by atoms with Gasteiger partial charge in [-0.3, -0.25) is 9.36 Å². The second-order valence-electron chi connectivity index (χ2n) is 8.55. The fourth-order valence-corrected chi connectivity index (χ4v) is 4.99. The maximum atomic E-state index is 14.4. The average molecular weight is 497 g/mol. The highest BCUT2D eigenvalue weighted by Crippen LogP contribution is 2.27. The van der Waals surface area contributed by atoms with Crippen LogP contribution < -0.4 is 0 Å². The van der Waals surface area contributed by atoms with Crippen LogP contribution in [0.3, 0.4) is 0 Å². The van der Waals surface area contributed by atoms with E-state index in [2.05, 4.69) is 4.98 Å². The average Bonchev–Trinajstić information content (AvgIpc) is 3.26. The zero-order valence-electron chi connectivity index (χ0n) is 19.8. The minimum absolute atomic E-state index is 0.0178. The minimum Gasteiger partial charge on any atom is -0.337 e. The molecule has 2 heterocycles. The van der Waals surface area contributed by atoms with Gasteiger partial charge >= 0.3 is 0 Å². The summed E-state index contributed by atoms with van der Waals surface area (Å²) in [7, 11) is 1.81. The van der Waals surface area contributed by atoms with Crippen LogP contribution in [0.4, 0.5) is 4.39 Å². The molecule has 0 aliphatic heterocycles. The van der Waals surface area contributed by atoms with E-state index < -0.39 is 0 Å². The van der Waals surface area contributed by atoms with Gasteiger partial charge in [-0.1, -0.05) is 72.4 Å². The van der Waals surface area contributed by atoms with Crippen LogP contribution >= 0.6 is 11.8 Å². The lowest BCUT2D eigenvalue weighted by atomic mass is 10.1. The van der Waals surface area contributed by atoms with Gasteiger partial charge in [0.2, 0.25) is 0 Å². The molecule has 5 rings (SSSR count). The van der Waals surface area contributed by atoms with E-state index in [-0.39, 0.29) is 11.7 Å². The first-order chi connectivity index (χ1) is 17.6. The molecule has 1 amide bonds. The summed E-state index contributed by atoms with van der Waals surface area (Å²) in [6.07, 6.45) is 1.72. The SMILES string of the molecule is CN(Cc1ccccc1)C(=O)c1ccc(CSc2nc3cccnc3n2Cc2ccccc2F)cc1.